The van der Waals surface area contributed by atoms with Crippen LogP contribution < -0.4 is 14.8 Å². The zero-order chi connectivity index (χ0) is 16.4. The Balaban J connectivity index is 1.43. The number of fused-ring (bicyclic) bond motifs is 2. The average molecular weight is 319 g/mol. The standard InChI is InChI=1S/C20H17NO3/c22-20(21-16-9-10-18-19(12-16)24-13-23-18)11-8-15-6-3-5-14-4-1-2-7-17(14)15/h1-7,9-10,12H,8,11,13H2,(H,21,22). The van der Waals surface area contributed by atoms with Crippen LogP contribution in [0, 0.1) is 0 Å². The largest absolute Gasteiger partial charge is 0.454 e. The van der Waals surface area contributed by atoms with Gasteiger partial charge in [-0.2, -0.15) is 0 Å². The van der Waals surface area contributed by atoms with Crippen molar-refractivity contribution in [3.8, 4) is 11.5 Å². The quantitative estimate of drug-likeness (QED) is 0.786. The van der Waals surface area contributed by atoms with Crippen molar-refractivity contribution in [1.29, 1.82) is 0 Å². The Kier molecular flexibility index (Phi) is 3.79. The summed E-state index contributed by atoms with van der Waals surface area (Å²) in [5, 5.41) is 5.32. The summed E-state index contributed by atoms with van der Waals surface area (Å²) in [6.45, 7) is 0.230. The molecule has 0 unspecified atom stereocenters. The molecule has 4 nitrogen and oxygen atoms in total. The van der Waals surface area contributed by atoms with E-state index in [-0.39, 0.29) is 12.7 Å². The molecular weight excluding hydrogens is 302 g/mol. The summed E-state index contributed by atoms with van der Waals surface area (Å²) in [6.07, 6.45) is 1.14. The van der Waals surface area contributed by atoms with E-state index in [1.54, 1.807) is 6.07 Å². The molecule has 0 spiro atoms. The second kappa shape index (κ2) is 6.24. The Morgan fingerprint density at radius 1 is 0.958 bits per heavy atom. The normalized spacial score (nSPS) is 12.3. The zero-order valence-electron chi connectivity index (χ0n) is 13.1. The van der Waals surface area contributed by atoms with Gasteiger partial charge in [-0.1, -0.05) is 42.5 Å². The van der Waals surface area contributed by atoms with E-state index >= 15 is 0 Å². The molecule has 3 aromatic carbocycles. The summed E-state index contributed by atoms with van der Waals surface area (Å²) >= 11 is 0. The first kappa shape index (κ1) is 14.6. The van der Waals surface area contributed by atoms with Crippen LogP contribution in [-0.2, 0) is 11.2 Å². The van der Waals surface area contributed by atoms with Gasteiger partial charge in [0, 0.05) is 18.2 Å². The SMILES string of the molecule is O=C(CCc1cccc2ccccc12)Nc1ccc2c(c1)OCO2. The third-order valence-electron chi connectivity index (χ3n) is 4.16. The summed E-state index contributed by atoms with van der Waals surface area (Å²) in [5.41, 5.74) is 1.91. The average Bonchev–Trinajstić information content (AvgIpc) is 3.07. The number of aryl methyl sites for hydroxylation is 1. The summed E-state index contributed by atoms with van der Waals surface area (Å²) in [6, 6.07) is 19.9. The molecule has 3 aromatic rings. The molecule has 0 saturated carbocycles. The Morgan fingerprint density at radius 2 is 1.79 bits per heavy atom. The van der Waals surface area contributed by atoms with Crippen molar-refractivity contribution < 1.29 is 14.3 Å². The van der Waals surface area contributed by atoms with Crippen LogP contribution in [0.15, 0.2) is 60.7 Å². The van der Waals surface area contributed by atoms with Gasteiger partial charge in [-0.3, -0.25) is 4.79 Å². The Bertz CT molecular complexity index is 899. The summed E-state index contributed by atoms with van der Waals surface area (Å²) in [4.78, 5) is 12.2. The van der Waals surface area contributed by atoms with Crippen molar-refractivity contribution >= 4 is 22.4 Å². The van der Waals surface area contributed by atoms with E-state index in [0.717, 1.165) is 5.69 Å². The number of hydrogen-bond donors (Lipinski definition) is 1. The molecule has 24 heavy (non-hydrogen) atoms. The maximum atomic E-state index is 12.2. The van der Waals surface area contributed by atoms with Crippen molar-refractivity contribution in [2.24, 2.45) is 0 Å². The second-order valence-electron chi connectivity index (χ2n) is 5.75. The van der Waals surface area contributed by atoms with Gasteiger partial charge in [0.25, 0.3) is 0 Å². The van der Waals surface area contributed by atoms with Crippen LogP contribution in [0.2, 0.25) is 0 Å². The van der Waals surface area contributed by atoms with Gasteiger partial charge in [-0.15, -0.1) is 0 Å². The molecule has 1 heterocycles. The molecule has 1 N–H and O–H groups in total. The van der Waals surface area contributed by atoms with Gasteiger partial charge in [0.05, 0.1) is 0 Å². The van der Waals surface area contributed by atoms with Crippen LogP contribution in [0.4, 0.5) is 5.69 Å². The second-order valence-corrected chi connectivity index (χ2v) is 5.75. The fourth-order valence-electron chi connectivity index (χ4n) is 2.96. The van der Waals surface area contributed by atoms with Crippen LogP contribution in [0.1, 0.15) is 12.0 Å². The van der Waals surface area contributed by atoms with Gasteiger partial charge in [0.15, 0.2) is 11.5 Å². The monoisotopic (exact) mass is 319 g/mol. The number of ether oxygens (including phenoxy) is 2. The molecule has 0 aliphatic carbocycles. The smallest absolute Gasteiger partial charge is 0.231 e. The van der Waals surface area contributed by atoms with Crippen LogP contribution in [0.3, 0.4) is 0 Å². The minimum absolute atomic E-state index is 0.0122. The van der Waals surface area contributed by atoms with Crippen LogP contribution in [0.25, 0.3) is 10.8 Å². The first-order valence-electron chi connectivity index (χ1n) is 7.96. The van der Waals surface area contributed by atoms with Crippen LogP contribution >= 0.6 is 0 Å². The molecule has 1 aliphatic heterocycles. The molecule has 0 bridgehead atoms. The number of benzene rings is 3. The number of rotatable bonds is 4. The third kappa shape index (κ3) is 2.91. The Morgan fingerprint density at radius 3 is 2.75 bits per heavy atom. The lowest BCUT2D eigenvalue weighted by Crippen LogP contribution is -2.12. The van der Waals surface area contributed by atoms with Crippen molar-refractivity contribution in [2.45, 2.75) is 12.8 Å². The number of amides is 1. The summed E-state index contributed by atoms with van der Waals surface area (Å²) in [5.74, 6) is 1.37. The van der Waals surface area contributed by atoms with Gasteiger partial charge < -0.3 is 14.8 Å². The highest BCUT2D eigenvalue weighted by Crippen LogP contribution is 2.34. The number of nitrogens with one attached hydrogen (secondary N) is 1. The summed E-state index contributed by atoms with van der Waals surface area (Å²) in [7, 11) is 0. The van der Waals surface area contributed by atoms with Gasteiger partial charge in [0.1, 0.15) is 0 Å². The van der Waals surface area contributed by atoms with Crippen molar-refractivity contribution in [3.05, 3.63) is 66.2 Å². The number of hydrogen-bond acceptors (Lipinski definition) is 3. The van der Waals surface area contributed by atoms with Gasteiger partial charge >= 0.3 is 0 Å². The van der Waals surface area contributed by atoms with E-state index in [0.29, 0.717) is 24.3 Å². The third-order valence-corrected chi connectivity index (χ3v) is 4.16. The maximum absolute atomic E-state index is 12.2. The number of carbonyl (C=O) groups excluding carboxylic acids is 1. The molecule has 1 aliphatic rings. The first-order valence-corrected chi connectivity index (χ1v) is 7.96. The van der Waals surface area contributed by atoms with Gasteiger partial charge in [0.2, 0.25) is 12.7 Å². The van der Waals surface area contributed by atoms with E-state index in [2.05, 4.69) is 29.6 Å². The molecule has 0 aromatic heterocycles. The minimum Gasteiger partial charge on any atom is -0.454 e. The highest BCUT2D eigenvalue weighted by atomic mass is 16.7. The van der Waals surface area contributed by atoms with E-state index in [9.17, 15) is 4.79 Å². The predicted octanol–water partition coefficient (Wildman–Crippen LogP) is 4.14. The Labute approximate surface area is 140 Å². The minimum atomic E-state index is -0.0122. The van der Waals surface area contributed by atoms with Crippen molar-refractivity contribution in [2.75, 3.05) is 12.1 Å². The van der Waals surface area contributed by atoms with Crippen LogP contribution in [0.5, 0.6) is 11.5 Å². The molecule has 1 amide bonds. The van der Waals surface area contributed by atoms with Gasteiger partial charge in [-0.25, -0.2) is 0 Å². The molecule has 120 valence electrons. The molecule has 4 heteroatoms. The molecule has 0 radical (unpaired) electrons. The molecule has 4 rings (SSSR count). The molecule has 0 saturated heterocycles. The summed E-state index contributed by atoms with van der Waals surface area (Å²) < 4.78 is 10.6. The van der Waals surface area contributed by atoms with E-state index in [1.807, 2.05) is 30.3 Å². The van der Waals surface area contributed by atoms with Crippen molar-refractivity contribution in [3.63, 3.8) is 0 Å². The Hall–Kier alpha value is -3.01. The number of anilines is 1. The lowest BCUT2D eigenvalue weighted by Gasteiger charge is -2.08. The highest BCUT2D eigenvalue weighted by Gasteiger charge is 2.14. The molecule has 0 atom stereocenters. The zero-order valence-corrected chi connectivity index (χ0v) is 13.1. The maximum Gasteiger partial charge on any atom is 0.231 e. The predicted molar refractivity (Wildman–Crippen MR) is 93.5 cm³/mol. The first-order chi connectivity index (χ1) is 11.8. The topological polar surface area (TPSA) is 47.6 Å². The van der Waals surface area contributed by atoms with E-state index < -0.39 is 0 Å². The highest BCUT2D eigenvalue weighted by molar-refractivity contribution is 5.92. The van der Waals surface area contributed by atoms with Gasteiger partial charge in [-0.05, 0) is 34.9 Å². The lowest BCUT2D eigenvalue weighted by atomic mass is 10.0. The molecule has 0 fully saturated rings. The lowest BCUT2D eigenvalue weighted by molar-refractivity contribution is -0.116. The fourth-order valence-corrected chi connectivity index (χ4v) is 2.96. The molecular formula is C20H17NO3. The van der Waals surface area contributed by atoms with E-state index in [4.69, 9.17) is 9.47 Å². The van der Waals surface area contributed by atoms with E-state index in [1.165, 1.54) is 16.3 Å². The fraction of sp³-hybridized carbons (Fsp3) is 0.150. The van der Waals surface area contributed by atoms with Crippen LogP contribution in [-0.4, -0.2) is 12.7 Å². The number of carbonyl (C=O) groups is 1. The van der Waals surface area contributed by atoms with Crippen molar-refractivity contribution in [1.82, 2.24) is 0 Å².